The predicted octanol–water partition coefficient (Wildman–Crippen LogP) is 4.37. The van der Waals surface area contributed by atoms with Crippen molar-refractivity contribution in [3.05, 3.63) is 33.7 Å². The first-order valence-electron chi connectivity index (χ1n) is 6.86. The Hall–Kier alpha value is -1.14. The Labute approximate surface area is 136 Å². The summed E-state index contributed by atoms with van der Waals surface area (Å²) in [6.07, 6.45) is 1.06. The number of anilines is 1. The maximum absolute atomic E-state index is 6.30. The molecule has 3 aromatic rings. The highest BCUT2D eigenvalue weighted by atomic mass is 35.5. The Morgan fingerprint density at radius 1 is 1.33 bits per heavy atom. The van der Waals surface area contributed by atoms with Gasteiger partial charge in [-0.15, -0.1) is 22.7 Å². The SMILES string of the molecule is CNc1sc2c(c1-c1nc3cccc(Cl)c3s1)CCNC2. The second kappa shape index (κ2) is 5.25. The molecule has 4 rings (SSSR count). The zero-order valence-corrected chi connectivity index (χ0v) is 13.9. The molecule has 6 heteroatoms. The Morgan fingerprint density at radius 2 is 2.24 bits per heavy atom. The zero-order valence-electron chi connectivity index (χ0n) is 11.5. The van der Waals surface area contributed by atoms with Crippen LogP contribution < -0.4 is 10.6 Å². The summed E-state index contributed by atoms with van der Waals surface area (Å²) in [5.41, 5.74) is 3.70. The van der Waals surface area contributed by atoms with Crippen molar-refractivity contribution in [2.24, 2.45) is 0 Å². The zero-order chi connectivity index (χ0) is 14.4. The van der Waals surface area contributed by atoms with Crippen molar-refractivity contribution in [1.29, 1.82) is 0 Å². The van der Waals surface area contributed by atoms with Gasteiger partial charge in [-0.2, -0.15) is 0 Å². The van der Waals surface area contributed by atoms with Gasteiger partial charge in [-0.3, -0.25) is 0 Å². The Bertz CT molecular complexity index is 822. The van der Waals surface area contributed by atoms with Crippen LogP contribution in [0.4, 0.5) is 5.00 Å². The van der Waals surface area contributed by atoms with Gasteiger partial charge in [0.1, 0.15) is 5.01 Å². The molecule has 0 amide bonds. The molecule has 2 N–H and O–H groups in total. The number of rotatable bonds is 2. The smallest absolute Gasteiger partial charge is 0.127 e. The summed E-state index contributed by atoms with van der Waals surface area (Å²) in [6.45, 7) is 1.99. The second-order valence-electron chi connectivity index (χ2n) is 4.99. The number of hydrogen-bond donors (Lipinski definition) is 2. The molecule has 0 unspecified atom stereocenters. The highest BCUT2D eigenvalue weighted by molar-refractivity contribution is 7.23. The molecule has 2 aromatic heterocycles. The van der Waals surface area contributed by atoms with Gasteiger partial charge in [0.15, 0.2) is 0 Å². The summed E-state index contributed by atoms with van der Waals surface area (Å²) in [6, 6.07) is 5.92. The number of nitrogens with zero attached hydrogens (tertiary/aromatic N) is 1. The monoisotopic (exact) mass is 335 g/mol. The van der Waals surface area contributed by atoms with Gasteiger partial charge in [-0.25, -0.2) is 4.98 Å². The lowest BCUT2D eigenvalue weighted by Crippen LogP contribution is -2.22. The molecule has 0 atom stereocenters. The van der Waals surface area contributed by atoms with Crippen molar-refractivity contribution >= 4 is 49.5 Å². The molecule has 108 valence electrons. The van der Waals surface area contributed by atoms with Gasteiger partial charge in [-0.1, -0.05) is 17.7 Å². The van der Waals surface area contributed by atoms with E-state index in [1.807, 2.05) is 36.6 Å². The van der Waals surface area contributed by atoms with Gasteiger partial charge in [0.05, 0.1) is 20.2 Å². The molecule has 3 nitrogen and oxygen atoms in total. The number of thiazole rings is 1. The minimum Gasteiger partial charge on any atom is -0.379 e. The molecule has 0 aliphatic carbocycles. The topological polar surface area (TPSA) is 37.0 Å². The average molecular weight is 336 g/mol. The van der Waals surface area contributed by atoms with Gasteiger partial charge in [-0.05, 0) is 30.7 Å². The maximum Gasteiger partial charge on any atom is 0.127 e. The largest absolute Gasteiger partial charge is 0.379 e. The highest BCUT2D eigenvalue weighted by Crippen LogP contribution is 2.45. The summed E-state index contributed by atoms with van der Waals surface area (Å²) in [5, 5.41) is 9.84. The first-order valence-corrected chi connectivity index (χ1v) is 8.87. The van der Waals surface area contributed by atoms with Crippen molar-refractivity contribution in [2.45, 2.75) is 13.0 Å². The van der Waals surface area contributed by atoms with Crippen molar-refractivity contribution in [3.8, 4) is 10.6 Å². The van der Waals surface area contributed by atoms with Crippen LogP contribution in [0, 0.1) is 0 Å². The standard InChI is InChI=1S/C15H14ClN3S2/c1-17-14-12(8-5-6-18-7-11(8)20-14)15-19-10-4-2-3-9(16)13(10)21-15/h2-4,17-18H,5-7H2,1H3. The first-order chi connectivity index (χ1) is 10.3. The Morgan fingerprint density at radius 3 is 3.05 bits per heavy atom. The summed E-state index contributed by atoms with van der Waals surface area (Å²) in [7, 11) is 1.98. The van der Waals surface area contributed by atoms with E-state index in [0.29, 0.717) is 0 Å². The van der Waals surface area contributed by atoms with Crippen LogP contribution in [-0.2, 0) is 13.0 Å². The van der Waals surface area contributed by atoms with E-state index < -0.39 is 0 Å². The van der Waals surface area contributed by atoms with E-state index in [1.54, 1.807) is 11.3 Å². The average Bonchev–Trinajstić information content (AvgIpc) is 3.08. The summed E-state index contributed by atoms with van der Waals surface area (Å²) >= 11 is 9.81. The van der Waals surface area contributed by atoms with E-state index in [9.17, 15) is 0 Å². The summed E-state index contributed by atoms with van der Waals surface area (Å²) in [4.78, 5) is 6.24. The molecule has 0 saturated carbocycles. The van der Waals surface area contributed by atoms with E-state index in [4.69, 9.17) is 16.6 Å². The van der Waals surface area contributed by atoms with Crippen LogP contribution in [0.2, 0.25) is 5.02 Å². The van der Waals surface area contributed by atoms with Crippen LogP contribution in [-0.4, -0.2) is 18.6 Å². The summed E-state index contributed by atoms with van der Waals surface area (Å²) in [5.74, 6) is 0. The lowest BCUT2D eigenvalue weighted by molar-refractivity contribution is 0.655. The van der Waals surface area contributed by atoms with Crippen LogP contribution in [0.1, 0.15) is 10.4 Å². The molecule has 0 spiro atoms. The number of benzene rings is 1. The number of hydrogen-bond acceptors (Lipinski definition) is 5. The van der Waals surface area contributed by atoms with Gasteiger partial charge in [0.2, 0.25) is 0 Å². The van der Waals surface area contributed by atoms with E-state index in [2.05, 4.69) is 10.6 Å². The molecule has 0 bridgehead atoms. The quantitative estimate of drug-likeness (QED) is 0.730. The molecule has 21 heavy (non-hydrogen) atoms. The minimum atomic E-state index is 0.785. The molecule has 0 saturated heterocycles. The first kappa shape index (κ1) is 13.5. The number of halogens is 1. The Balaban J connectivity index is 1.95. The molecule has 0 radical (unpaired) electrons. The normalized spacial score (nSPS) is 14.4. The minimum absolute atomic E-state index is 0.785. The fourth-order valence-corrected chi connectivity index (χ4v) is 5.33. The van der Waals surface area contributed by atoms with Crippen LogP contribution in [0.3, 0.4) is 0 Å². The van der Waals surface area contributed by atoms with E-state index in [1.165, 1.54) is 21.0 Å². The maximum atomic E-state index is 6.30. The molecule has 1 aliphatic rings. The molecular formula is C15H14ClN3S2. The lowest BCUT2D eigenvalue weighted by atomic mass is 10.0. The number of nitrogens with one attached hydrogen (secondary N) is 2. The lowest BCUT2D eigenvalue weighted by Gasteiger charge is -2.13. The van der Waals surface area contributed by atoms with Crippen LogP contribution in [0.5, 0.6) is 0 Å². The van der Waals surface area contributed by atoms with Gasteiger partial charge in [0.25, 0.3) is 0 Å². The molecule has 3 heterocycles. The van der Waals surface area contributed by atoms with Gasteiger partial charge >= 0.3 is 0 Å². The number of thiophene rings is 1. The van der Waals surface area contributed by atoms with Crippen molar-refractivity contribution in [3.63, 3.8) is 0 Å². The third-order valence-corrected chi connectivity index (χ3v) is 6.53. The molecular weight excluding hydrogens is 322 g/mol. The van der Waals surface area contributed by atoms with Gasteiger partial charge in [0, 0.05) is 24.0 Å². The fourth-order valence-electron chi connectivity index (χ4n) is 2.76. The third-order valence-electron chi connectivity index (χ3n) is 3.74. The molecule has 1 aliphatic heterocycles. The Kier molecular flexibility index (Phi) is 3.38. The highest BCUT2D eigenvalue weighted by Gasteiger charge is 2.23. The predicted molar refractivity (Wildman–Crippen MR) is 92.9 cm³/mol. The van der Waals surface area contributed by atoms with E-state index >= 15 is 0 Å². The van der Waals surface area contributed by atoms with E-state index in [0.717, 1.165) is 39.8 Å². The number of aromatic nitrogens is 1. The van der Waals surface area contributed by atoms with Crippen LogP contribution in [0.15, 0.2) is 18.2 Å². The van der Waals surface area contributed by atoms with Crippen molar-refractivity contribution in [2.75, 3.05) is 18.9 Å². The summed E-state index contributed by atoms with van der Waals surface area (Å²) < 4.78 is 1.07. The fraction of sp³-hybridized carbons (Fsp3) is 0.267. The third kappa shape index (κ3) is 2.16. The molecule has 0 fully saturated rings. The van der Waals surface area contributed by atoms with Crippen LogP contribution in [0.25, 0.3) is 20.8 Å². The van der Waals surface area contributed by atoms with Crippen molar-refractivity contribution in [1.82, 2.24) is 10.3 Å². The van der Waals surface area contributed by atoms with Crippen molar-refractivity contribution < 1.29 is 0 Å². The molecule has 1 aromatic carbocycles. The second-order valence-corrected chi connectivity index (χ2v) is 7.50. The van der Waals surface area contributed by atoms with Gasteiger partial charge < -0.3 is 10.6 Å². The number of fused-ring (bicyclic) bond motifs is 2. The van der Waals surface area contributed by atoms with Crippen LogP contribution >= 0.6 is 34.3 Å². The van der Waals surface area contributed by atoms with E-state index in [-0.39, 0.29) is 0 Å².